The van der Waals surface area contributed by atoms with E-state index in [1.54, 1.807) is 31.4 Å². The Kier molecular flexibility index (Phi) is 5.89. The van der Waals surface area contributed by atoms with E-state index in [0.29, 0.717) is 35.9 Å². The van der Waals surface area contributed by atoms with Crippen molar-refractivity contribution in [3.63, 3.8) is 0 Å². The van der Waals surface area contributed by atoms with Gasteiger partial charge in [-0.3, -0.25) is 0 Å². The van der Waals surface area contributed by atoms with Crippen LogP contribution in [0.4, 0.5) is 0 Å². The second-order valence-electron chi connectivity index (χ2n) is 4.07. The summed E-state index contributed by atoms with van der Waals surface area (Å²) in [5, 5.41) is 0. The third-order valence-corrected chi connectivity index (χ3v) is 4.45. The molecule has 1 rings (SSSR count). The highest BCUT2D eigenvalue weighted by molar-refractivity contribution is 7.91. The molecule has 5 heteroatoms. The van der Waals surface area contributed by atoms with E-state index in [1.165, 1.54) is 0 Å². The van der Waals surface area contributed by atoms with E-state index in [1.807, 2.05) is 6.92 Å². The molecule has 0 spiro atoms. The molecule has 1 aromatic carbocycles. The Balaban J connectivity index is 2.57. The van der Waals surface area contributed by atoms with Gasteiger partial charge in [0, 0.05) is 6.42 Å². The molecule has 0 aliphatic carbocycles. The molecular weight excluding hydrogens is 264 g/mol. The molecule has 0 saturated carbocycles. The molecule has 19 heavy (non-hydrogen) atoms. The molecule has 0 amide bonds. The van der Waals surface area contributed by atoms with Gasteiger partial charge in [-0.25, -0.2) is 8.42 Å². The van der Waals surface area contributed by atoms with Crippen LogP contribution in [0.25, 0.3) is 0 Å². The summed E-state index contributed by atoms with van der Waals surface area (Å²) >= 11 is 0. The average molecular weight is 284 g/mol. The maximum absolute atomic E-state index is 12.1. The van der Waals surface area contributed by atoms with Gasteiger partial charge in [0.25, 0.3) is 0 Å². The maximum atomic E-state index is 12.1. The van der Waals surface area contributed by atoms with Gasteiger partial charge in [-0.05, 0) is 37.6 Å². The number of methoxy groups -OCH3 is 1. The lowest BCUT2D eigenvalue weighted by Crippen LogP contribution is -2.07. The van der Waals surface area contributed by atoms with Crippen LogP contribution in [-0.4, -0.2) is 27.9 Å². The second-order valence-corrected chi connectivity index (χ2v) is 6.18. The standard InChI is InChI=1S/C14H20O4S/c1-4-18-12(2)6-5-11-19(15,16)14-9-7-13(17-3)8-10-14/h7-10H,2,4-6,11H2,1,3H3. The molecule has 0 unspecified atom stereocenters. The number of hydrogen-bond donors (Lipinski definition) is 0. The van der Waals surface area contributed by atoms with Crippen molar-refractivity contribution >= 4 is 9.84 Å². The van der Waals surface area contributed by atoms with Gasteiger partial charge in [-0.15, -0.1) is 0 Å². The van der Waals surface area contributed by atoms with E-state index in [2.05, 4.69) is 6.58 Å². The highest BCUT2D eigenvalue weighted by atomic mass is 32.2. The molecule has 4 nitrogen and oxygen atoms in total. The number of benzene rings is 1. The van der Waals surface area contributed by atoms with Gasteiger partial charge in [0.1, 0.15) is 5.75 Å². The molecule has 0 N–H and O–H groups in total. The number of rotatable bonds is 8. The van der Waals surface area contributed by atoms with Gasteiger partial charge in [0.2, 0.25) is 0 Å². The zero-order valence-corrected chi connectivity index (χ0v) is 12.2. The van der Waals surface area contributed by atoms with E-state index in [9.17, 15) is 8.42 Å². The number of hydrogen-bond acceptors (Lipinski definition) is 4. The summed E-state index contributed by atoms with van der Waals surface area (Å²) in [6.45, 7) is 6.16. The van der Waals surface area contributed by atoms with E-state index in [4.69, 9.17) is 9.47 Å². The van der Waals surface area contributed by atoms with Crippen LogP contribution in [0.5, 0.6) is 5.75 Å². The summed E-state index contributed by atoms with van der Waals surface area (Å²) in [6.07, 6.45) is 1.07. The molecule has 0 saturated heterocycles. The largest absolute Gasteiger partial charge is 0.499 e. The highest BCUT2D eigenvalue weighted by Crippen LogP contribution is 2.18. The first-order valence-corrected chi connectivity index (χ1v) is 7.82. The SMILES string of the molecule is C=C(CCCS(=O)(=O)c1ccc(OC)cc1)OCC. The fourth-order valence-corrected chi connectivity index (χ4v) is 2.95. The lowest BCUT2D eigenvalue weighted by atomic mass is 10.3. The molecule has 0 fully saturated rings. The normalized spacial score (nSPS) is 11.1. The smallest absolute Gasteiger partial charge is 0.178 e. The van der Waals surface area contributed by atoms with Crippen LogP contribution >= 0.6 is 0 Å². The van der Waals surface area contributed by atoms with Crippen molar-refractivity contribution < 1.29 is 17.9 Å². The Morgan fingerprint density at radius 3 is 2.42 bits per heavy atom. The summed E-state index contributed by atoms with van der Waals surface area (Å²) in [7, 11) is -1.70. The monoisotopic (exact) mass is 284 g/mol. The van der Waals surface area contributed by atoms with Gasteiger partial charge in [-0.2, -0.15) is 0 Å². The lowest BCUT2D eigenvalue weighted by molar-refractivity contribution is 0.220. The van der Waals surface area contributed by atoms with Crippen LogP contribution in [0.2, 0.25) is 0 Å². The van der Waals surface area contributed by atoms with E-state index >= 15 is 0 Å². The third-order valence-electron chi connectivity index (χ3n) is 2.64. The van der Waals surface area contributed by atoms with Crippen molar-refractivity contribution in [3.8, 4) is 5.75 Å². The van der Waals surface area contributed by atoms with Gasteiger partial charge in [0.05, 0.1) is 30.1 Å². The summed E-state index contributed by atoms with van der Waals surface area (Å²) in [5.41, 5.74) is 0. The van der Waals surface area contributed by atoms with Crippen molar-refractivity contribution in [2.45, 2.75) is 24.7 Å². The summed E-state index contributed by atoms with van der Waals surface area (Å²) in [6, 6.07) is 6.41. The van der Waals surface area contributed by atoms with E-state index in [0.717, 1.165) is 0 Å². The third kappa shape index (κ3) is 4.95. The summed E-state index contributed by atoms with van der Waals surface area (Å²) in [5.74, 6) is 1.36. The van der Waals surface area contributed by atoms with Crippen LogP contribution < -0.4 is 4.74 Å². The first-order valence-electron chi connectivity index (χ1n) is 6.17. The molecule has 0 bridgehead atoms. The predicted molar refractivity (Wildman–Crippen MR) is 75.0 cm³/mol. The molecule has 106 valence electrons. The van der Waals surface area contributed by atoms with E-state index in [-0.39, 0.29) is 5.75 Å². The molecular formula is C14H20O4S. The first kappa shape index (κ1) is 15.6. The molecule has 1 aromatic rings. The van der Waals surface area contributed by atoms with Crippen molar-refractivity contribution in [2.75, 3.05) is 19.5 Å². The quantitative estimate of drug-likeness (QED) is 0.689. The van der Waals surface area contributed by atoms with Gasteiger partial charge in [0.15, 0.2) is 9.84 Å². The first-order chi connectivity index (χ1) is 8.99. The molecule has 0 atom stereocenters. The van der Waals surface area contributed by atoms with Crippen molar-refractivity contribution in [1.82, 2.24) is 0 Å². The zero-order valence-electron chi connectivity index (χ0n) is 11.4. The van der Waals surface area contributed by atoms with E-state index < -0.39 is 9.84 Å². The van der Waals surface area contributed by atoms with Crippen LogP contribution in [0.1, 0.15) is 19.8 Å². The summed E-state index contributed by atoms with van der Waals surface area (Å²) in [4.78, 5) is 0.315. The van der Waals surface area contributed by atoms with Crippen LogP contribution in [0.15, 0.2) is 41.5 Å². The minimum atomic E-state index is -3.25. The Morgan fingerprint density at radius 1 is 1.26 bits per heavy atom. The van der Waals surface area contributed by atoms with Gasteiger partial charge in [-0.1, -0.05) is 6.58 Å². The van der Waals surface area contributed by atoms with Crippen molar-refractivity contribution in [3.05, 3.63) is 36.6 Å². The Morgan fingerprint density at radius 2 is 1.89 bits per heavy atom. The highest BCUT2D eigenvalue weighted by Gasteiger charge is 2.14. The van der Waals surface area contributed by atoms with Crippen molar-refractivity contribution in [2.24, 2.45) is 0 Å². The average Bonchev–Trinajstić information content (AvgIpc) is 2.39. The minimum Gasteiger partial charge on any atom is -0.499 e. The molecule has 0 heterocycles. The number of ether oxygens (including phenoxy) is 2. The number of allylic oxidation sites excluding steroid dienone is 1. The molecule has 0 radical (unpaired) electrons. The van der Waals surface area contributed by atoms with Gasteiger partial charge < -0.3 is 9.47 Å². The molecule has 0 aliphatic heterocycles. The van der Waals surface area contributed by atoms with Gasteiger partial charge >= 0.3 is 0 Å². The minimum absolute atomic E-state index is 0.0887. The fourth-order valence-electron chi connectivity index (χ4n) is 1.64. The van der Waals surface area contributed by atoms with Crippen molar-refractivity contribution in [1.29, 1.82) is 0 Å². The van der Waals surface area contributed by atoms with Crippen LogP contribution in [0, 0.1) is 0 Å². The second kappa shape index (κ2) is 7.19. The Bertz CT molecular complexity index is 503. The lowest BCUT2D eigenvalue weighted by Gasteiger charge is -2.08. The summed E-state index contributed by atoms with van der Waals surface area (Å²) < 4.78 is 34.3. The predicted octanol–water partition coefficient (Wildman–Crippen LogP) is 2.80. The Hall–Kier alpha value is -1.49. The maximum Gasteiger partial charge on any atom is 0.178 e. The fraction of sp³-hybridized carbons (Fsp3) is 0.429. The molecule has 0 aromatic heterocycles. The zero-order chi connectivity index (χ0) is 14.3. The number of sulfone groups is 1. The Labute approximate surface area is 115 Å². The van der Waals surface area contributed by atoms with Crippen LogP contribution in [0.3, 0.4) is 0 Å². The van der Waals surface area contributed by atoms with Crippen LogP contribution in [-0.2, 0) is 14.6 Å². The molecule has 0 aliphatic rings. The topological polar surface area (TPSA) is 52.6 Å².